The van der Waals surface area contributed by atoms with Crippen LogP contribution >= 0.6 is 0 Å². The number of nitrogens with zero attached hydrogens (tertiary/aromatic N) is 3. The molecule has 0 fully saturated rings. The lowest BCUT2D eigenvalue weighted by atomic mass is 10.1. The quantitative estimate of drug-likeness (QED) is 0.815. The number of aromatic amines is 1. The van der Waals surface area contributed by atoms with E-state index in [0.29, 0.717) is 16.9 Å². The Balaban J connectivity index is 2.49. The zero-order chi connectivity index (χ0) is 14.9. The first-order valence-electron chi connectivity index (χ1n) is 6.33. The molecule has 0 aliphatic carbocycles. The largest absolute Gasteiger partial charge is 0.398 e. The molecule has 2 rings (SSSR count). The Hall–Kier alpha value is -2.37. The van der Waals surface area contributed by atoms with Gasteiger partial charge in [-0.15, -0.1) is 0 Å². The maximum Gasteiger partial charge on any atom is 0.259 e. The summed E-state index contributed by atoms with van der Waals surface area (Å²) in [5.74, 6) is 0. The molecule has 0 unspecified atom stereocenters. The summed E-state index contributed by atoms with van der Waals surface area (Å²) >= 11 is 0. The first kappa shape index (κ1) is 14.0. The highest BCUT2D eigenvalue weighted by atomic mass is 16.1. The van der Waals surface area contributed by atoms with Crippen molar-refractivity contribution in [3.8, 4) is 11.3 Å². The van der Waals surface area contributed by atoms with Crippen LogP contribution < -0.4 is 11.3 Å². The van der Waals surface area contributed by atoms with Crippen LogP contribution in [0.1, 0.15) is 26.3 Å². The van der Waals surface area contributed by atoms with Gasteiger partial charge in [0.2, 0.25) is 0 Å². The van der Waals surface area contributed by atoms with Crippen molar-refractivity contribution in [1.82, 2.24) is 14.8 Å². The number of aliphatic imine (C=N–C) groups is 1. The zero-order valence-corrected chi connectivity index (χ0v) is 12.1. The molecule has 20 heavy (non-hydrogen) atoms. The second-order valence-corrected chi connectivity index (χ2v) is 5.61. The Morgan fingerprint density at radius 3 is 2.65 bits per heavy atom. The van der Waals surface area contributed by atoms with Gasteiger partial charge in [0, 0.05) is 30.7 Å². The predicted octanol–water partition coefficient (Wildman–Crippen LogP) is 1.62. The third-order valence-corrected chi connectivity index (χ3v) is 2.94. The molecule has 0 saturated carbocycles. The van der Waals surface area contributed by atoms with E-state index in [1.54, 1.807) is 19.3 Å². The van der Waals surface area contributed by atoms with Gasteiger partial charge in [-0.2, -0.15) is 5.10 Å². The van der Waals surface area contributed by atoms with Crippen molar-refractivity contribution in [3.05, 3.63) is 34.4 Å². The summed E-state index contributed by atoms with van der Waals surface area (Å²) in [6, 6.07) is 1.72. The van der Waals surface area contributed by atoms with Crippen molar-refractivity contribution in [1.29, 1.82) is 0 Å². The van der Waals surface area contributed by atoms with Crippen LogP contribution in [0.5, 0.6) is 0 Å². The predicted molar refractivity (Wildman–Crippen MR) is 81.2 cm³/mol. The van der Waals surface area contributed by atoms with Gasteiger partial charge in [0.15, 0.2) is 0 Å². The van der Waals surface area contributed by atoms with E-state index in [1.807, 2.05) is 10.9 Å². The van der Waals surface area contributed by atoms with Gasteiger partial charge in [-0.3, -0.25) is 14.5 Å². The number of H-pyrrole nitrogens is 1. The summed E-state index contributed by atoms with van der Waals surface area (Å²) in [7, 11) is 1.60. The average molecular weight is 273 g/mol. The Morgan fingerprint density at radius 2 is 2.15 bits per heavy atom. The van der Waals surface area contributed by atoms with E-state index in [4.69, 9.17) is 5.73 Å². The zero-order valence-electron chi connectivity index (χ0n) is 12.1. The van der Waals surface area contributed by atoms with E-state index in [9.17, 15) is 4.79 Å². The number of nitrogens with two attached hydrogens (primary N) is 1. The summed E-state index contributed by atoms with van der Waals surface area (Å²) in [5.41, 5.74) is 7.78. The molecule has 0 saturated heterocycles. The van der Waals surface area contributed by atoms with Crippen LogP contribution in [-0.4, -0.2) is 28.0 Å². The Morgan fingerprint density at radius 1 is 1.45 bits per heavy atom. The topological polar surface area (TPSA) is 89.1 Å². The molecule has 2 heterocycles. The smallest absolute Gasteiger partial charge is 0.259 e. The van der Waals surface area contributed by atoms with E-state index < -0.39 is 0 Å². The SMILES string of the molecule is CN=Cc1c(N)cc(-c2cnn(C(C)(C)C)c2)[nH]c1=O. The van der Waals surface area contributed by atoms with Crippen LogP contribution in [0.25, 0.3) is 11.3 Å². The van der Waals surface area contributed by atoms with Gasteiger partial charge >= 0.3 is 0 Å². The molecular weight excluding hydrogens is 254 g/mol. The molecule has 0 bridgehead atoms. The molecule has 0 atom stereocenters. The van der Waals surface area contributed by atoms with Crippen LogP contribution in [0.2, 0.25) is 0 Å². The van der Waals surface area contributed by atoms with Crippen LogP contribution in [0.15, 0.2) is 28.2 Å². The summed E-state index contributed by atoms with van der Waals surface area (Å²) in [5, 5.41) is 4.31. The number of aromatic nitrogens is 3. The van der Waals surface area contributed by atoms with Crippen LogP contribution in [-0.2, 0) is 5.54 Å². The number of anilines is 1. The van der Waals surface area contributed by atoms with E-state index in [2.05, 4.69) is 35.8 Å². The van der Waals surface area contributed by atoms with E-state index >= 15 is 0 Å². The third-order valence-electron chi connectivity index (χ3n) is 2.94. The molecule has 3 N–H and O–H groups in total. The lowest BCUT2D eigenvalue weighted by Crippen LogP contribution is -2.21. The number of hydrogen-bond acceptors (Lipinski definition) is 4. The number of nitrogens with one attached hydrogen (secondary N) is 1. The summed E-state index contributed by atoms with van der Waals surface area (Å²) in [4.78, 5) is 18.6. The van der Waals surface area contributed by atoms with Gasteiger partial charge in [0.05, 0.1) is 23.0 Å². The summed E-state index contributed by atoms with van der Waals surface area (Å²) in [6.45, 7) is 6.17. The van der Waals surface area contributed by atoms with Gasteiger partial charge < -0.3 is 10.7 Å². The van der Waals surface area contributed by atoms with Gasteiger partial charge in [-0.05, 0) is 26.8 Å². The normalized spacial score (nSPS) is 12.2. The van der Waals surface area contributed by atoms with Gasteiger partial charge in [-0.1, -0.05) is 0 Å². The molecule has 0 aromatic carbocycles. The van der Waals surface area contributed by atoms with Gasteiger partial charge in [0.1, 0.15) is 0 Å². The number of hydrogen-bond donors (Lipinski definition) is 2. The highest BCUT2D eigenvalue weighted by Crippen LogP contribution is 2.21. The third kappa shape index (κ3) is 2.64. The van der Waals surface area contributed by atoms with Crippen molar-refractivity contribution < 1.29 is 0 Å². The molecule has 2 aromatic rings. The number of rotatable bonds is 2. The fraction of sp³-hybridized carbons (Fsp3) is 0.357. The second kappa shape index (κ2) is 4.96. The highest BCUT2D eigenvalue weighted by molar-refractivity contribution is 5.87. The maximum absolute atomic E-state index is 12.0. The molecule has 0 amide bonds. The minimum absolute atomic E-state index is 0.112. The van der Waals surface area contributed by atoms with Crippen molar-refractivity contribution in [2.75, 3.05) is 12.8 Å². The molecule has 2 aromatic heterocycles. The van der Waals surface area contributed by atoms with Crippen molar-refractivity contribution in [2.24, 2.45) is 4.99 Å². The number of nitrogen functional groups attached to an aromatic ring is 1. The fourth-order valence-corrected chi connectivity index (χ4v) is 1.84. The Bertz CT molecular complexity index is 703. The first-order valence-corrected chi connectivity index (χ1v) is 6.33. The molecule has 6 nitrogen and oxygen atoms in total. The van der Waals surface area contributed by atoms with E-state index in [0.717, 1.165) is 5.56 Å². The molecular formula is C14H19N5O. The lowest BCUT2D eigenvalue weighted by molar-refractivity contribution is 0.355. The van der Waals surface area contributed by atoms with Crippen molar-refractivity contribution >= 4 is 11.9 Å². The first-order chi connectivity index (χ1) is 9.32. The molecule has 0 aliphatic heterocycles. The molecule has 6 heteroatoms. The Kier molecular flexibility index (Phi) is 3.48. The second-order valence-electron chi connectivity index (χ2n) is 5.61. The van der Waals surface area contributed by atoms with Crippen LogP contribution in [0.3, 0.4) is 0 Å². The van der Waals surface area contributed by atoms with Crippen LogP contribution in [0.4, 0.5) is 5.69 Å². The minimum Gasteiger partial charge on any atom is -0.398 e. The molecule has 0 radical (unpaired) electrons. The minimum atomic E-state index is -0.255. The Labute approximate surface area is 117 Å². The molecule has 0 spiro atoms. The maximum atomic E-state index is 12.0. The standard InChI is InChI=1S/C14H19N5O/c1-14(2,3)19-8-9(6-17-19)12-5-11(15)10(7-16-4)13(20)18-12/h5-8H,1-4H3,(H3,15,18,20). The molecule has 106 valence electrons. The fourth-order valence-electron chi connectivity index (χ4n) is 1.84. The van der Waals surface area contributed by atoms with Gasteiger partial charge in [-0.25, -0.2) is 0 Å². The van der Waals surface area contributed by atoms with E-state index in [1.165, 1.54) is 6.21 Å². The van der Waals surface area contributed by atoms with Crippen molar-refractivity contribution in [2.45, 2.75) is 26.3 Å². The van der Waals surface area contributed by atoms with Crippen LogP contribution in [0, 0.1) is 0 Å². The lowest BCUT2D eigenvalue weighted by Gasteiger charge is -2.18. The van der Waals surface area contributed by atoms with E-state index in [-0.39, 0.29) is 11.1 Å². The van der Waals surface area contributed by atoms with Crippen molar-refractivity contribution in [3.63, 3.8) is 0 Å². The van der Waals surface area contributed by atoms with Gasteiger partial charge in [0.25, 0.3) is 5.56 Å². The monoisotopic (exact) mass is 273 g/mol. The summed E-state index contributed by atoms with van der Waals surface area (Å²) in [6.07, 6.45) is 5.05. The summed E-state index contributed by atoms with van der Waals surface area (Å²) < 4.78 is 1.85. The number of pyridine rings is 1. The average Bonchev–Trinajstić information content (AvgIpc) is 2.82. The highest BCUT2D eigenvalue weighted by Gasteiger charge is 2.15. The molecule has 0 aliphatic rings.